The summed E-state index contributed by atoms with van der Waals surface area (Å²) in [5, 5.41) is 1.20. The Hall–Kier alpha value is -0.870. The van der Waals surface area contributed by atoms with E-state index >= 15 is 0 Å². The Bertz CT molecular complexity index is 332. The summed E-state index contributed by atoms with van der Waals surface area (Å²) in [6, 6.07) is 5.62. The predicted octanol–water partition coefficient (Wildman–Crippen LogP) is 2.39. The van der Waals surface area contributed by atoms with Crippen molar-refractivity contribution in [3.05, 3.63) is 33.8 Å². The van der Waals surface area contributed by atoms with E-state index in [4.69, 9.17) is 4.84 Å². The third-order valence-corrected chi connectivity index (χ3v) is 2.66. The molecule has 0 atom stereocenters. The van der Waals surface area contributed by atoms with Crippen LogP contribution in [0.2, 0.25) is 0 Å². The van der Waals surface area contributed by atoms with Crippen molar-refractivity contribution in [3.63, 3.8) is 0 Å². The Morgan fingerprint density at radius 1 is 1.50 bits per heavy atom. The molecule has 1 aromatic carbocycles. The van der Waals surface area contributed by atoms with E-state index < -0.39 is 0 Å². The van der Waals surface area contributed by atoms with Crippen molar-refractivity contribution < 1.29 is 9.63 Å². The van der Waals surface area contributed by atoms with Crippen molar-refractivity contribution >= 4 is 21.8 Å². The van der Waals surface area contributed by atoms with Crippen LogP contribution in [-0.2, 0) is 4.84 Å². The number of rotatable bonds is 2. The van der Waals surface area contributed by atoms with Gasteiger partial charge in [0.2, 0.25) is 0 Å². The fraction of sp³-hybridized carbons (Fsp3) is 0.300. The fourth-order valence-electron chi connectivity index (χ4n) is 1.14. The van der Waals surface area contributed by atoms with Crippen LogP contribution < -0.4 is 0 Å². The van der Waals surface area contributed by atoms with Crippen LogP contribution in [0.5, 0.6) is 0 Å². The number of hydroxylamine groups is 2. The molecule has 14 heavy (non-hydrogen) atoms. The molecule has 0 saturated heterocycles. The molecule has 0 radical (unpaired) electrons. The maximum Gasteiger partial charge on any atom is 0.278 e. The van der Waals surface area contributed by atoms with Gasteiger partial charge in [0.05, 0.1) is 12.7 Å². The van der Waals surface area contributed by atoms with E-state index in [0.717, 1.165) is 10.0 Å². The van der Waals surface area contributed by atoms with E-state index in [1.54, 1.807) is 7.05 Å². The zero-order valence-corrected chi connectivity index (χ0v) is 9.96. The normalized spacial score (nSPS) is 10.0. The number of aryl methyl sites for hydroxylation is 1. The first-order valence-electron chi connectivity index (χ1n) is 4.15. The van der Waals surface area contributed by atoms with Gasteiger partial charge in [0.25, 0.3) is 5.91 Å². The molecule has 1 rings (SSSR count). The third kappa shape index (κ3) is 2.13. The van der Waals surface area contributed by atoms with E-state index in [1.165, 1.54) is 12.2 Å². The fourth-order valence-corrected chi connectivity index (χ4v) is 1.78. The number of halogens is 1. The summed E-state index contributed by atoms with van der Waals surface area (Å²) >= 11 is 3.34. The van der Waals surface area contributed by atoms with E-state index in [9.17, 15) is 4.79 Å². The first-order valence-corrected chi connectivity index (χ1v) is 4.94. The molecule has 0 spiro atoms. The second-order valence-electron chi connectivity index (χ2n) is 2.92. The molecule has 0 aromatic heterocycles. The molecular formula is C10H12BrNO2. The van der Waals surface area contributed by atoms with Crippen molar-refractivity contribution in [1.82, 2.24) is 5.06 Å². The van der Waals surface area contributed by atoms with Crippen LogP contribution in [0.1, 0.15) is 15.9 Å². The number of hydrogen-bond donors (Lipinski definition) is 0. The quantitative estimate of drug-likeness (QED) is 0.762. The van der Waals surface area contributed by atoms with Crippen LogP contribution in [-0.4, -0.2) is 25.1 Å². The molecule has 0 aliphatic carbocycles. The van der Waals surface area contributed by atoms with Crippen LogP contribution in [0.4, 0.5) is 0 Å². The molecule has 1 aromatic rings. The van der Waals surface area contributed by atoms with Crippen LogP contribution in [0.15, 0.2) is 22.7 Å². The van der Waals surface area contributed by atoms with Gasteiger partial charge in [-0.1, -0.05) is 12.1 Å². The van der Waals surface area contributed by atoms with Crippen molar-refractivity contribution in [2.75, 3.05) is 14.2 Å². The lowest BCUT2D eigenvalue weighted by atomic mass is 10.1. The summed E-state index contributed by atoms with van der Waals surface area (Å²) < 4.78 is 0.784. The van der Waals surface area contributed by atoms with Crippen LogP contribution in [0.25, 0.3) is 0 Å². The summed E-state index contributed by atoms with van der Waals surface area (Å²) in [5.74, 6) is -0.155. The van der Waals surface area contributed by atoms with Crippen molar-refractivity contribution in [2.24, 2.45) is 0 Å². The minimum absolute atomic E-state index is 0.155. The van der Waals surface area contributed by atoms with E-state index in [-0.39, 0.29) is 5.91 Å². The SMILES string of the molecule is CON(C)C(=O)c1c(C)cccc1Br. The molecule has 0 unspecified atom stereocenters. The van der Waals surface area contributed by atoms with Crippen LogP contribution >= 0.6 is 15.9 Å². The lowest BCUT2D eigenvalue weighted by molar-refractivity contribution is -0.0758. The van der Waals surface area contributed by atoms with Crippen LogP contribution in [0.3, 0.4) is 0 Å². The van der Waals surface area contributed by atoms with E-state index in [2.05, 4.69) is 15.9 Å². The molecule has 0 N–H and O–H groups in total. The monoisotopic (exact) mass is 257 g/mol. The maximum absolute atomic E-state index is 11.8. The Balaban J connectivity index is 3.12. The number of amides is 1. The largest absolute Gasteiger partial charge is 0.278 e. The van der Waals surface area contributed by atoms with Gasteiger partial charge in [0.1, 0.15) is 0 Å². The minimum atomic E-state index is -0.155. The summed E-state index contributed by atoms with van der Waals surface area (Å²) in [6.07, 6.45) is 0. The Kier molecular flexibility index (Phi) is 3.66. The number of carbonyl (C=O) groups excluding carboxylic acids is 1. The summed E-state index contributed by atoms with van der Waals surface area (Å²) in [5.41, 5.74) is 1.56. The summed E-state index contributed by atoms with van der Waals surface area (Å²) in [4.78, 5) is 16.6. The first-order chi connectivity index (χ1) is 6.57. The zero-order chi connectivity index (χ0) is 10.7. The first kappa shape index (κ1) is 11.2. The molecule has 1 amide bonds. The second kappa shape index (κ2) is 4.57. The van der Waals surface area contributed by atoms with E-state index in [1.807, 2.05) is 25.1 Å². The van der Waals surface area contributed by atoms with Crippen molar-refractivity contribution in [3.8, 4) is 0 Å². The van der Waals surface area contributed by atoms with Gasteiger partial charge in [-0.3, -0.25) is 9.63 Å². The number of carbonyl (C=O) groups is 1. The number of benzene rings is 1. The molecule has 0 bridgehead atoms. The molecular weight excluding hydrogens is 246 g/mol. The molecule has 0 saturated carbocycles. The third-order valence-electron chi connectivity index (χ3n) is 2.00. The highest BCUT2D eigenvalue weighted by molar-refractivity contribution is 9.10. The highest BCUT2D eigenvalue weighted by Gasteiger charge is 2.16. The lowest BCUT2D eigenvalue weighted by Crippen LogP contribution is -2.26. The van der Waals surface area contributed by atoms with Gasteiger partial charge in [0.15, 0.2) is 0 Å². The summed E-state index contributed by atoms with van der Waals surface area (Å²) in [7, 11) is 3.05. The maximum atomic E-state index is 11.8. The van der Waals surface area contributed by atoms with Gasteiger partial charge in [0, 0.05) is 11.5 Å². The second-order valence-corrected chi connectivity index (χ2v) is 3.77. The molecule has 0 heterocycles. The molecule has 0 aliphatic rings. The zero-order valence-electron chi connectivity index (χ0n) is 8.37. The average Bonchev–Trinajstić information content (AvgIpc) is 2.16. The van der Waals surface area contributed by atoms with Crippen LogP contribution in [0, 0.1) is 6.92 Å². The molecule has 4 heteroatoms. The average molecular weight is 258 g/mol. The smallest absolute Gasteiger partial charge is 0.274 e. The van der Waals surface area contributed by atoms with Gasteiger partial charge in [-0.15, -0.1) is 0 Å². The highest BCUT2D eigenvalue weighted by Crippen LogP contribution is 2.21. The van der Waals surface area contributed by atoms with Crippen molar-refractivity contribution in [2.45, 2.75) is 6.92 Å². The molecule has 0 fully saturated rings. The number of nitrogens with zero attached hydrogens (tertiary/aromatic N) is 1. The van der Waals surface area contributed by atoms with Gasteiger partial charge in [-0.2, -0.15) is 0 Å². The van der Waals surface area contributed by atoms with Gasteiger partial charge in [-0.05, 0) is 34.5 Å². The van der Waals surface area contributed by atoms with Gasteiger partial charge >= 0.3 is 0 Å². The standard InChI is InChI=1S/C10H12BrNO2/c1-7-5-4-6-8(11)9(7)10(13)12(2)14-3/h4-6H,1-3H3. The Morgan fingerprint density at radius 2 is 2.14 bits per heavy atom. The molecule has 0 aliphatic heterocycles. The van der Waals surface area contributed by atoms with Gasteiger partial charge in [-0.25, -0.2) is 5.06 Å². The predicted molar refractivity (Wildman–Crippen MR) is 58.0 cm³/mol. The van der Waals surface area contributed by atoms with Crippen molar-refractivity contribution in [1.29, 1.82) is 0 Å². The van der Waals surface area contributed by atoms with Gasteiger partial charge < -0.3 is 0 Å². The Labute approximate surface area is 91.7 Å². The molecule has 3 nitrogen and oxygen atoms in total. The minimum Gasteiger partial charge on any atom is -0.274 e. The molecule has 76 valence electrons. The topological polar surface area (TPSA) is 29.5 Å². The number of hydrogen-bond acceptors (Lipinski definition) is 2. The lowest BCUT2D eigenvalue weighted by Gasteiger charge is -2.15. The van der Waals surface area contributed by atoms with E-state index in [0.29, 0.717) is 5.56 Å². The highest BCUT2D eigenvalue weighted by atomic mass is 79.9. The Morgan fingerprint density at radius 3 is 2.64 bits per heavy atom. The summed E-state index contributed by atoms with van der Waals surface area (Å²) in [6.45, 7) is 1.89.